The van der Waals surface area contributed by atoms with Crippen LogP contribution < -0.4 is 5.32 Å². The standard InChI is InChI=1S/C11H21N.C9H17N/c1-2-12-10-6-9-11(12)7-4-3-5-8-11;1-2-5-9(6-3-1)7-4-8-10-9/h2-10H2,1H3;10H,1-8H2. The van der Waals surface area contributed by atoms with Crippen LogP contribution in [-0.2, 0) is 0 Å². The maximum absolute atomic E-state index is 3.67. The summed E-state index contributed by atoms with van der Waals surface area (Å²) in [6, 6.07) is 0. The van der Waals surface area contributed by atoms with Gasteiger partial charge in [-0.25, -0.2) is 0 Å². The second kappa shape index (κ2) is 7.66. The van der Waals surface area contributed by atoms with Crippen molar-refractivity contribution in [2.75, 3.05) is 19.6 Å². The highest BCUT2D eigenvalue weighted by Gasteiger charge is 2.40. The molecule has 2 saturated heterocycles. The molecule has 2 nitrogen and oxygen atoms in total. The average Bonchev–Trinajstić information content (AvgIpc) is 3.17. The summed E-state index contributed by atoms with van der Waals surface area (Å²) in [6.07, 6.45) is 20.5. The molecule has 2 saturated carbocycles. The Kier molecular flexibility index (Phi) is 5.84. The third kappa shape index (κ3) is 3.70. The van der Waals surface area contributed by atoms with E-state index in [2.05, 4.69) is 17.1 Å². The van der Waals surface area contributed by atoms with Crippen molar-refractivity contribution in [3.8, 4) is 0 Å². The summed E-state index contributed by atoms with van der Waals surface area (Å²) in [5.74, 6) is 0. The number of rotatable bonds is 1. The first-order chi connectivity index (χ1) is 10.8. The minimum atomic E-state index is 0.623. The van der Waals surface area contributed by atoms with Gasteiger partial charge in [0, 0.05) is 11.1 Å². The number of hydrogen-bond acceptors (Lipinski definition) is 2. The van der Waals surface area contributed by atoms with Crippen LogP contribution in [0.4, 0.5) is 0 Å². The smallest absolute Gasteiger partial charge is 0.0210 e. The molecule has 0 atom stereocenters. The van der Waals surface area contributed by atoms with Gasteiger partial charge >= 0.3 is 0 Å². The fraction of sp³-hybridized carbons (Fsp3) is 1.00. The van der Waals surface area contributed by atoms with Crippen LogP contribution in [0.1, 0.15) is 96.8 Å². The van der Waals surface area contributed by atoms with Crippen LogP contribution in [0.3, 0.4) is 0 Å². The van der Waals surface area contributed by atoms with Gasteiger partial charge < -0.3 is 5.32 Å². The van der Waals surface area contributed by atoms with Gasteiger partial charge in [0.05, 0.1) is 0 Å². The second-order valence-corrected chi connectivity index (χ2v) is 8.34. The van der Waals surface area contributed by atoms with Crippen LogP contribution in [0.25, 0.3) is 0 Å². The third-order valence-electron chi connectivity index (χ3n) is 7.05. The van der Waals surface area contributed by atoms with E-state index in [1.54, 1.807) is 0 Å². The number of nitrogens with zero attached hydrogens (tertiary/aromatic N) is 1. The molecule has 22 heavy (non-hydrogen) atoms. The van der Waals surface area contributed by atoms with Crippen molar-refractivity contribution in [3.63, 3.8) is 0 Å². The van der Waals surface area contributed by atoms with Crippen molar-refractivity contribution < 1.29 is 0 Å². The van der Waals surface area contributed by atoms with E-state index >= 15 is 0 Å². The maximum atomic E-state index is 3.67. The molecule has 2 heteroatoms. The average molecular weight is 307 g/mol. The van der Waals surface area contributed by atoms with Gasteiger partial charge in [0.1, 0.15) is 0 Å². The Morgan fingerprint density at radius 1 is 0.727 bits per heavy atom. The lowest BCUT2D eigenvalue weighted by molar-refractivity contribution is 0.0986. The number of hydrogen-bond donors (Lipinski definition) is 1. The fourth-order valence-electron chi connectivity index (χ4n) is 5.79. The zero-order chi connectivity index (χ0) is 15.3. The van der Waals surface area contributed by atoms with Crippen molar-refractivity contribution in [1.29, 1.82) is 0 Å². The molecule has 0 aromatic rings. The third-order valence-corrected chi connectivity index (χ3v) is 7.05. The highest BCUT2D eigenvalue weighted by molar-refractivity contribution is 4.97. The molecule has 2 aliphatic carbocycles. The first-order valence-corrected chi connectivity index (χ1v) is 10.3. The molecule has 128 valence electrons. The van der Waals surface area contributed by atoms with Crippen LogP contribution >= 0.6 is 0 Å². The molecule has 0 bridgehead atoms. The predicted octanol–water partition coefficient (Wildman–Crippen LogP) is 4.88. The van der Waals surface area contributed by atoms with Crippen LogP contribution in [-0.4, -0.2) is 35.6 Å². The topological polar surface area (TPSA) is 15.3 Å². The lowest BCUT2D eigenvalue weighted by atomic mass is 9.80. The monoisotopic (exact) mass is 306 g/mol. The summed E-state index contributed by atoms with van der Waals surface area (Å²) in [7, 11) is 0. The molecule has 4 aliphatic rings. The van der Waals surface area contributed by atoms with Crippen molar-refractivity contribution in [2.24, 2.45) is 0 Å². The van der Waals surface area contributed by atoms with E-state index < -0.39 is 0 Å². The normalized spacial score (nSPS) is 30.4. The quantitative estimate of drug-likeness (QED) is 0.743. The molecule has 4 fully saturated rings. The van der Waals surface area contributed by atoms with Crippen molar-refractivity contribution >= 4 is 0 Å². The minimum Gasteiger partial charge on any atom is -0.311 e. The Morgan fingerprint density at radius 3 is 1.91 bits per heavy atom. The summed E-state index contributed by atoms with van der Waals surface area (Å²) >= 11 is 0. The fourth-order valence-corrected chi connectivity index (χ4v) is 5.79. The van der Waals surface area contributed by atoms with E-state index in [0.29, 0.717) is 11.1 Å². The zero-order valence-electron chi connectivity index (χ0n) is 15.0. The van der Waals surface area contributed by atoms with E-state index in [1.807, 2.05) is 0 Å². The molecule has 0 amide bonds. The molecule has 0 radical (unpaired) electrons. The SMILES string of the molecule is C1CCC2(CC1)CCCN2.CCN1CCCC12CCCCC2. The van der Waals surface area contributed by atoms with Gasteiger partial charge in [-0.05, 0) is 71.0 Å². The zero-order valence-corrected chi connectivity index (χ0v) is 15.0. The van der Waals surface area contributed by atoms with E-state index in [-0.39, 0.29) is 0 Å². The van der Waals surface area contributed by atoms with Crippen molar-refractivity contribution in [3.05, 3.63) is 0 Å². The van der Waals surface area contributed by atoms with Gasteiger partial charge in [0.25, 0.3) is 0 Å². The molecule has 2 heterocycles. The molecule has 0 unspecified atom stereocenters. The first kappa shape index (κ1) is 16.8. The van der Waals surface area contributed by atoms with Crippen molar-refractivity contribution in [2.45, 2.75) is 108 Å². The lowest BCUT2D eigenvalue weighted by Gasteiger charge is -2.41. The van der Waals surface area contributed by atoms with Crippen LogP contribution in [0, 0.1) is 0 Å². The number of nitrogens with one attached hydrogen (secondary N) is 1. The highest BCUT2D eigenvalue weighted by Crippen LogP contribution is 2.41. The molecule has 4 rings (SSSR count). The summed E-state index contributed by atoms with van der Waals surface area (Å²) < 4.78 is 0. The van der Waals surface area contributed by atoms with Crippen molar-refractivity contribution in [1.82, 2.24) is 10.2 Å². The molecule has 0 aromatic heterocycles. The van der Waals surface area contributed by atoms with E-state index in [9.17, 15) is 0 Å². The van der Waals surface area contributed by atoms with E-state index in [4.69, 9.17) is 0 Å². The molecular formula is C20H38N2. The predicted molar refractivity (Wildman–Crippen MR) is 95.3 cm³/mol. The minimum absolute atomic E-state index is 0.623. The van der Waals surface area contributed by atoms with E-state index in [1.165, 1.54) is 110 Å². The highest BCUT2D eigenvalue weighted by atomic mass is 15.2. The Bertz CT molecular complexity index is 319. The Hall–Kier alpha value is -0.0800. The van der Waals surface area contributed by atoms with Gasteiger partial charge in [-0.15, -0.1) is 0 Å². The van der Waals surface area contributed by atoms with Crippen LogP contribution in [0.15, 0.2) is 0 Å². The number of likely N-dealkylation sites (tertiary alicyclic amines) is 1. The van der Waals surface area contributed by atoms with Gasteiger partial charge in [-0.1, -0.05) is 45.4 Å². The maximum Gasteiger partial charge on any atom is 0.0210 e. The molecule has 2 spiro atoms. The van der Waals surface area contributed by atoms with Gasteiger partial charge in [0.15, 0.2) is 0 Å². The molecular weight excluding hydrogens is 268 g/mol. The first-order valence-electron chi connectivity index (χ1n) is 10.3. The molecule has 2 aliphatic heterocycles. The summed E-state index contributed by atoms with van der Waals surface area (Å²) in [4.78, 5) is 2.74. The molecule has 0 aromatic carbocycles. The Morgan fingerprint density at radius 2 is 1.32 bits per heavy atom. The van der Waals surface area contributed by atoms with Crippen LogP contribution in [0.2, 0.25) is 0 Å². The summed E-state index contributed by atoms with van der Waals surface area (Å²) in [5.41, 5.74) is 1.30. The summed E-state index contributed by atoms with van der Waals surface area (Å²) in [5, 5.41) is 3.67. The summed E-state index contributed by atoms with van der Waals surface area (Å²) in [6.45, 7) is 6.25. The van der Waals surface area contributed by atoms with Gasteiger partial charge in [0.2, 0.25) is 0 Å². The van der Waals surface area contributed by atoms with Crippen LogP contribution in [0.5, 0.6) is 0 Å². The Balaban J connectivity index is 0.000000133. The Labute approximate surface area is 138 Å². The van der Waals surface area contributed by atoms with Gasteiger partial charge in [-0.2, -0.15) is 0 Å². The van der Waals surface area contributed by atoms with E-state index in [0.717, 1.165) is 0 Å². The molecule has 1 N–H and O–H groups in total. The second-order valence-electron chi connectivity index (χ2n) is 8.34. The van der Waals surface area contributed by atoms with Gasteiger partial charge in [-0.3, -0.25) is 4.90 Å². The largest absolute Gasteiger partial charge is 0.311 e. The lowest BCUT2D eigenvalue weighted by Crippen LogP contribution is -2.44.